The first-order valence-corrected chi connectivity index (χ1v) is 11.7. The number of hydrogen-bond acceptors (Lipinski definition) is 5. The third-order valence-electron chi connectivity index (χ3n) is 5.22. The fourth-order valence-corrected chi connectivity index (χ4v) is 4.50. The van der Waals surface area contributed by atoms with Crippen LogP contribution in [0.3, 0.4) is 0 Å². The largest absolute Gasteiger partial charge is 0.497 e. The number of nitrogens with zero attached hydrogens (tertiary/aromatic N) is 2. The summed E-state index contributed by atoms with van der Waals surface area (Å²) in [6.45, 7) is -0.00610. The van der Waals surface area contributed by atoms with Gasteiger partial charge in [-0.2, -0.15) is 4.31 Å². The SMILES string of the molecule is COc1ccc(CNC(=O)CN(C)S(=O)(=O)c2ccc3nc(-c4ccccc4)[nH]c3c2)cc1. The Kier molecular flexibility index (Phi) is 6.43. The summed E-state index contributed by atoms with van der Waals surface area (Å²) < 4.78 is 32.2. The molecule has 1 heterocycles. The minimum absolute atomic E-state index is 0.0868. The standard InChI is InChI=1S/C24H24N4O4S/c1-28(16-23(29)25-15-17-8-10-19(32-2)11-9-17)33(30,31)20-12-13-21-22(14-20)27-24(26-21)18-6-4-3-5-7-18/h3-14H,15-16H2,1-2H3,(H,25,29)(H,26,27). The van der Waals surface area contributed by atoms with Crippen LogP contribution in [0, 0.1) is 0 Å². The van der Waals surface area contributed by atoms with Gasteiger partial charge in [0.1, 0.15) is 11.6 Å². The Morgan fingerprint density at radius 3 is 2.48 bits per heavy atom. The number of amides is 1. The van der Waals surface area contributed by atoms with Gasteiger partial charge in [-0.05, 0) is 35.9 Å². The molecule has 0 aliphatic heterocycles. The first kappa shape index (κ1) is 22.5. The monoisotopic (exact) mass is 464 g/mol. The molecule has 8 nitrogen and oxygen atoms in total. The number of nitrogens with one attached hydrogen (secondary N) is 2. The van der Waals surface area contributed by atoms with Crippen molar-refractivity contribution in [3.05, 3.63) is 78.4 Å². The van der Waals surface area contributed by atoms with Crippen LogP contribution in [0.15, 0.2) is 77.7 Å². The van der Waals surface area contributed by atoms with Crippen molar-refractivity contribution in [2.24, 2.45) is 0 Å². The molecule has 2 N–H and O–H groups in total. The van der Waals surface area contributed by atoms with Crippen LogP contribution in [-0.2, 0) is 21.4 Å². The van der Waals surface area contributed by atoms with Crippen LogP contribution < -0.4 is 10.1 Å². The third kappa shape index (κ3) is 5.05. The number of ether oxygens (including phenoxy) is 1. The second-order valence-corrected chi connectivity index (χ2v) is 9.56. The van der Waals surface area contributed by atoms with Crippen LogP contribution in [0.2, 0.25) is 0 Å². The van der Waals surface area contributed by atoms with Gasteiger partial charge < -0.3 is 15.0 Å². The van der Waals surface area contributed by atoms with E-state index in [0.29, 0.717) is 23.4 Å². The number of methoxy groups -OCH3 is 1. The Bertz CT molecular complexity index is 1370. The molecule has 1 aromatic heterocycles. The molecular weight excluding hydrogens is 440 g/mol. The van der Waals surface area contributed by atoms with Gasteiger partial charge in [-0.15, -0.1) is 0 Å². The molecule has 1 amide bonds. The number of likely N-dealkylation sites (N-methyl/N-ethyl adjacent to an activating group) is 1. The summed E-state index contributed by atoms with van der Waals surface area (Å²) >= 11 is 0. The zero-order valence-electron chi connectivity index (χ0n) is 18.3. The van der Waals surface area contributed by atoms with E-state index >= 15 is 0 Å². The molecule has 4 rings (SSSR count). The number of rotatable bonds is 8. The first-order valence-electron chi connectivity index (χ1n) is 10.3. The molecule has 4 aromatic rings. The van der Waals surface area contributed by atoms with Crippen LogP contribution >= 0.6 is 0 Å². The molecule has 9 heteroatoms. The van der Waals surface area contributed by atoms with Crippen molar-refractivity contribution in [1.82, 2.24) is 19.6 Å². The lowest BCUT2D eigenvalue weighted by Gasteiger charge is -2.17. The Morgan fingerprint density at radius 1 is 1.06 bits per heavy atom. The maximum Gasteiger partial charge on any atom is 0.243 e. The van der Waals surface area contributed by atoms with E-state index in [0.717, 1.165) is 21.2 Å². The van der Waals surface area contributed by atoms with Gasteiger partial charge >= 0.3 is 0 Å². The number of hydrogen-bond donors (Lipinski definition) is 2. The summed E-state index contributed by atoms with van der Waals surface area (Å²) in [6.07, 6.45) is 0. The zero-order chi connectivity index (χ0) is 23.4. The van der Waals surface area contributed by atoms with Gasteiger partial charge in [-0.1, -0.05) is 42.5 Å². The van der Waals surface area contributed by atoms with Gasteiger partial charge in [0, 0.05) is 19.2 Å². The van der Waals surface area contributed by atoms with E-state index in [1.54, 1.807) is 25.3 Å². The Balaban J connectivity index is 1.44. The molecule has 0 saturated heterocycles. The number of benzene rings is 3. The number of fused-ring (bicyclic) bond motifs is 1. The van der Waals surface area contributed by atoms with E-state index in [1.165, 1.54) is 19.2 Å². The summed E-state index contributed by atoms with van der Waals surface area (Å²) in [5, 5.41) is 2.74. The highest BCUT2D eigenvalue weighted by Gasteiger charge is 2.23. The Morgan fingerprint density at radius 2 is 1.79 bits per heavy atom. The van der Waals surface area contributed by atoms with Crippen LogP contribution in [0.4, 0.5) is 0 Å². The summed E-state index contributed by atoms with van der Waals surface area (Å²) in [6, 6.07) is 21.5. The minimum Gasteiger partial charge on any atom is -0.497 e. The topological polar surface area (TPSA) is 104 Å². The molecule has 0 unspecified atom stereocenters. The van der Waals surface area contributed by atoms with Gasteiger partial charge in [-0.25, -0.2) is 13.4 Å². The number of aromatic nitrogens is 2. The van der Waals surface area contributed by atoms with E-state index in [2.05, 4.69) is 15.3 Å². The minimum atomic E-state index is -3.86. The predicted molar refractivity (Wildman–Crippen MR) is 126 cm³/mol. The number of carbonyl (C=O) groups is 1. The molecule has 3 aromatic carbocycles. The zero-order valence-corrected chi connectivity index (χ0v) is 19.1. The average molecular weight is 465 g/mol. The highest BCUT2D eigenvalue weighted by molar-refractivity contribution is 7.89. The van der Waals surface area contributed by atoms with Gasteiger partial charge in [-0.3, -0.25) is 4.79 Å². The van der Waals surface area contributed by atoms with Crippen molar-refractivity contribution in [1.29, 1.82) is 0 Å². The van der Waals surface area contributed by atoms with E-state index in [1.807, 2.05) is 42.5 Å². The van der Waals surface area contributed by atoms with Crippen molar-refractivity contribution in [3.8, 4) is 17.1 Å². The quantitative estimate of drug-likeness (QED) is 0.417. The van der Waals surface area contributed by atoms with Crippen LogP contribution in [-0.4, -0.2) is 49.3 Å². The molecule has 0 aliphatic carbocycles. The fraction of sp³-hybridized carbons (Fsp3) is 0.167. The lowest BCUT2D eigenvalue weighted by Crippen LogP contribution is -2.38. The summed E-state index contributed by atoms with van der Waals surface area (Å²) in [7, 11) is -0.898. The normalized spacial score (nSPS) is 11.6. The first-order chi connectivity index (χ1) is 15.9. The van der Waals surface area contributed by atoms with E-state index < -0.39 is 15.9 Å². The molecular formula is C24H24N4O4S. The number of sulfonamides is 1. The van der Waals surface area contributed by atoms with Crippen molar-refractivity contribution in [2.75, 3.05) is 20.7 Å². The summed E-state index contributed by atoms with van der Waals surface area (Å²) in [4.78, 5) is 20.1. The molecule has 33 heavy (non-hydrogen) atoms. The van der Waals surface area contributed by atoms with Crippen LogP contribution in [0.5, 0.6) is 5.75 Å². The van der Waals surface area contributed by atoms with Crippen molar-refractivity contribution in [2.45, 2.75) is 11.4 Å². The second-order valence-electron chi connectivity index (χ2n) is 7.52. The molecule has 170 valence electrons. The smallest absolute Gasteiger partial charge is 0.243 e. The Hall–Kier alpha value is -3.69. The highest BCUT2D eigenvalue weighted by Crippen LogP contribution is 2.24. The molecule has 0 fully saturated rings. The average Bonchev–Trinajstić information content (AvgIpc) is 3.27. The number of imidazole rings is 1. The molecule has 0 bridgehead atoms. The number of aromatic amines is 1. The van der Waals surface area contributed by atoms with E-state index in [9.17, 15) is 13.2 Å². The lowest BCUT2D eigenvalue weighted by atomic mass is 10.2. The highest BCUT2D eigenvalue weighted by atomic mass is 32.2. The van der Waals surface area contributed by atoms with Crippen LogP contribution in [0.25, 0.3) is 22.4 Å². The van der Waals surface area contributed by atoms with Gasteiger partial charge in [0.05, 0.1) is 29.6 Å². The molecule has 0 saturated carbocycles. The number of carbonyl (C=O) groups excluding carboxylic acids is 1. The molecule has 0 atom stereocenters. The van der Waals surface area contributed by atoms with Crippen LogP contribution in [0.1, 0.15) is 5.56 Å². The predicted octanol–water partition coefficient (Wildman–Crippen LogP) is 3.18. The lowest BCUT2D eigenvalue weighted by molar-refractivity contribution is -0.121. The Labute approximate surface area is 192 Å². The third-order valence-corrected chi connectivity index (χ3v) is 7.02. The van der Waals surface area contributed by atoms with Gasteiger partial charge in [0.15, 0.2) is 0 Å². The fourth-order valence-electron chi connectivity index (χ4n) is 3.35. The van der Waals surface area contributed by atoms with E-state index in [-0.39, 0.29) is 11.4 Å². The van der Waals surface area contributed by atoms with Crippen molar-refractivity contribution in [3.63, 3.8) is 0 Å². The maximum atomic E-state index is 13.0. The van der Waals surface area contributed by atoms with Crippen molar-refractivity contribution < 1.29 is 17.9 Å². The molecule has 0 aliphatic rings. The number of H-pyrrole nitrogens is 1. The van der Waals surface area contributed by atoms with Gasteiger partial charge in [0.2, 0.25) is 15.9 Å². The molecule has 0 radical (unpaired) electrons. The molecule has 0 spiro atoms. The van der Waals surface area contributed by atoms with Gasteiger partial charge in [0.25, 0.3) is 0 Å². The van der Waals surface area contributed by atoms with Crippen molar-refractivity contribution >= 4 is 27.0 Å². The summed E-state index contributed by atoms with van der Waals surface area (Å²) in [5.74, 6) is 0.985. The summed E-state index contributed by atoms with van der Waals surface area (Å²) in [5.41, 5.74) is 3.05. The van der Waals surface area contributed by atoms with E-state index in [4.69, 9.17) is 4.74 Å². The second kappa shape index (κ2) is 9.43. The maximum absolute atomic E-state index is 13.0.